The molecule has 0 spiro atoms. The summed E-state index contributed by atoms with van der Waals surface area (Å²) < 4.78 is 2.01. The van der Waals surface area contributed by atoms with Gasteiger partial charge in [0.2, 0.25) is 0 Å². The highest BCUT2D eigenvalue weighted by Crippen LogP contribution is 2.26. The number of nitrogens with one attached hydrogen (secondary N) is 1. The number of hydrogen-bond acceptors (Lipinski definition) is 4. The van der Waals surface area contributed by atoms with E-state index in [9.17, 15) is 9.59 Å². The number of nitrogens with zero attached hydrogens (tertiary/aromatic N) is 2. The molecule has 2 heterocycles. The zero-order valence-electron chi connectivity index (χ0n) is 16.2. The van der Waals surface area contributed by atoms with Gasteiger partial charge in [-0.25, -0.2) is 4.98 Å². The van der Waals surface area contributed by atoms with Gasteiger partial charge in [-0.05, 0) is 57.4 Å². The molecule has 3 aromatic rings. The quantitative estimate of drug-likeness (QED) is 0.500. The Morgan fingerprint density at radius 3 is 2.56 bits per heavy atom. The van der Waals surface area contributed by atoms with E-state index in [0.717, 1.165) is 22.1 Å². The van der Waals surface area contributed by atoms with Crippen molar-refractivity contribution in [2.75, 3.05) is 5.75 Å². The van der Waals surface area contributed by atoms with Crippen LogP contribution in [-0.4, -0.2) is 31.9 Å². The minimum atomic E-state index is -0.0383. The Bertz CT molecular complexity index is 1030. The van der Waals surface area contributed by atoms with Crippen LogP contribution in [0.5, 0.6) is 0 Å². The molecule has 0 aliphatic carbocycles. The predicted octanol–water partition coefficient (Wildman–Crippen LogP) is 4.61. The molecule has 6 heteroatoms. The van der Waals surface area contributed by atoms with Crippen molar-refractivity contribution in [3.05, 3.63) is 64.2 Å². The van der Waals surface area contributed by atoms with E-state index in [2.05, 4.69) is 29.9 Å². The smallest absolute Gasteiger partial charge is 0.189 e. The first kappa shape index (κ1) is 19.2. The highest BCUT2D eigenvalue weighted by molar-refractivity contribution is 7.99. The van der Waals surface area contributed by atoms with Crippen LogP contribution < -0.4 is 0 Å². The van der Waals surface area contributed by atoms with Crippen LogP contribution in [0.2, 0.25) is 0 Å². The first-order valence-electron chi connectivity index (χ1n) is 8.77. The van der Waals surface area contributed by atoms with Crippen molar-refractivity contribution in [1.82, 2.24) is 14.5 Å². The zero-order valence-corrected chi connectivity index (χ0v) is 17.0. The average Bonchev–Trinajstić information content (AvgIpc) is 3.19. The third-order valence-electron chi connectivity index (χ3n) is 4.84. The van der Waals surface area contributed by atoms with E-state index in [1.807, 2.05) is 36.7 Å². The van der Waals surface area contributed by atoms with Gasteiger partial charge in [0, 0.05) is 23.7 Å². The van der Waals surface area contributed by atoms with Gasteiger partial charge in [0.15, 0.2) is 16.7 Å². The Hall–Kier alpha value is -2.60. The van der Waals surface area contributed by atoms with Crippen molar-refractivity contribution in [2.45, 2.75) is 39.8 Å². The summed E-state index contributed by atoms with van der Waals surface area (Å²) in [7, 11) is 0. The fourth-order valence-electron chi connectivity index (χ4n) is 3.34. The van der Waals surface area contributed by atoms with E-state index in [0.29, 0.717) is 11.3 Å². The number of carbonyl (C=O) groups excluding carboxylic acids is 2. The summed E-state index contributed by atoms with van der Waals surface area (Å²) in [4.78, 5) is 32.0. The standard InChI is InChI=1S/C21H23N3O2S/c1-12-7-6-8-17(13(12)2)24-10-9-22-21(24)27-11-18(26)20-14(3)19(16(5)25)15(4)23-20/h6-10,23H,11H2,1-5H3. The van der Waals surface area contributed by atoms with Gasteiger partial charge in [0.25, 0.3) is 0 Å². The zero-order chi connectivity index (χ0) is 19.7. The third-order valence-corrected chi connectivity index (χ3v) is 5.81. The van der Waals surface area contributed by atoms with Gasteiger partial charge in [-0.3, -0.25) is 14.2 Å². The lowest BCUT2D eigenvalue weighted by Gasteiger charge is -2.12. The maximum absolute atomic E-state index is 12.7. The maximum Gasteiger partial charge on any atom is 0.189 e. The Morgan fingerprint density at radius 1 is 1.15 bits per heavy atom. The first-order chi connectivity index (χ1) is 12.8. The van der Waals surface area contributed by atoms with Crippen molar-refractivity contribution in [2.24, 2.45) is 0 Å². The van der Waals surface area contributed by atoms with Gasteiger partial charge < -0.3 is 4.98 Å². The molecule has 0 aliphatic rings. The fraction of sp³-hybridized carbons (Fsp3) is 0.286. The molecule has 0 saturated carbocycles. The van der Waals surface area contributed by atoms with Crippen LogP contribution >= 0.6 is 11.8 Å². The van der Waals surface area contributed by atoms with Crippen molar-refractivity contribution in [3.63, 3.8) is 0 Å². The Labute approximate surface area is 163 Å². The number of aromatic amines is 1. The number of ketones is 2. The second kappa shape index (κ2) is 7.56. The molecule has 0 fully saturated rings. The van der Waals surface area contributed by atoms with Crippen molar-refractivity contribution < 1.29 is 9.59 Å². The van der Waals surface area contributed by atoms with Gasteiger partial charge in [0.05, 0.1) is 17.1 Å². The number of H-pyrrole nitrogens is 1. The summed E-state index contributed by atoms with van der Waals surface area (Å²) in [6.45, 7) is 9.32. The van der Waals surface area contributed by atoms with Crippen molar-refractivity contribution >= 4 is 23.3 Å². The molecule has 2 aromatic heterocycles. The van der Waals surface area contributed by atoms with E-state index in [4.69, 9.17) is 0 Å². The number of thioether (sulfide) groups is 1. The van der Waals surface area contributed by atoms with Crippen LogP contribution in [-0.2, 0) is 0 Å². The highest BCUT2D eigenvalue weighted by atomic mass is 32.2. The molecule has 5 nitrogen and oxygen atoms in total. The van der Waals surface area contributed by atoms with E-state index >= 15 is 0 Å². The second-order valence-electron chi connectivity index (χ2n) is 6.69. The number of benzene rings is 1. The molecule has 0 amide bonds. The minimum absolute atomic E-state index is 0.0292. The molecular formula is C21H23N3O2S. The topological polar surface area (TPSA) is 67.8 Å². The lowest BCUT2D eigenvalue weighted by Crippen LogP contribution is -2.07. The van der Waals surface area contributed by atoms with Gasteiger partial charge in [-0.1, -0.05) is 23.9 Å². The predicted molar refractivity (Wildman–Crippen MR) is 108 cm³/mol. The number of Topliss-reactive ketones (excluding diaryl/α,β-unsaturated/α-hetero) is 2. The molecule has 0 unspecified atom stereocenters. The Kier molecular flexibility index (Phi) is 5.37. The van der Waals surface area contributed by atoms with Crippen LogP contribution in [0, 0.1) is 27.7 Å². The number of carbonyl (C=O) groups is 2. The van der Waals surface area contributed by atoms with E-state index in [1.165, 1.54) is 29.8 Å². The molecule has 0 aliphatic heterocycles. The summed E-state index contributed by atoms with van der Waals surface area (Å²) in [5, 5.41) is 0.768. The van der Waals surface area contributed by atoms with E-state index in [1.54, 1.807) is 6.20 Å². The van der Waals surface area contributed by atoms with Crippen LogP contribution in [0.3, 0.4) is 0 Å². The Morgan fingerprint density at radius 2 is 1.89 bits per heavy atom. The molecule has 1 aromatic carbocycles. The molecule has 0 saturated heterocycles. The monoisotopic (exact) mass is 381 g/mol. The van der Waals surface area contributed by atoms with Crippen molar-refractivity contribution in [3.8, 4) is 5.69 Å². The molecule has 0 atom stereocenters. The summed E-state index contributed by atoms with van der Waals surface area (Å²) in [6, 6.07) is 6.15. The molecule has 0 bridgehead atoms. The number of hydrogen-bond donors (Lipinski definition) is 1. The second-order valence-corrected chi connectivity index (χ2v) is 7.63. The van der Waals surface area contributed by atoms with Crippen LogP contribution in [0.4, 0.5) is 0 Å². The third kappa shape index (κ3) is 3.62. The normalized spacial score (nSPS) is 11.0. The van der Waals surface area contributed by atoms with E-state index in [-0.39, 0.29) is 17.3 Å². The summed E-state index contributed by atoms with van der Waals surface area (Å²) >= 11 is 1.40. The van der Waals surface area contributed by atoms with Gasteiger partial charge in [-0.15, -0.1) is 0 Å². The van der Waals surface area contributed by atoms with Gasteiger partial charge in [-0.2, -0.15) is 0 Å². The largest absolute Gasteiger partial charge is 0.355 e. The maximum atomic E-state index is 12.7. The lowest BCUT2D eigenvalue weighted by molar-refractivity contribution is 0.101. The molecule has 140 valence electrons. The molecule has 1 N–H and O–H groups in total. The Balaban J connectivity index is 1.82. The number of imidazole rings is 1. The summed E-state index contributed by atoms with van der Waals surface area (Å²) in [5.41, 5.74) is 6.05. The lowest BCUT2D eigenvalue weighted by atomic mass is 10.1. The summed E-state index contributed by atoms with van der Waals surface area (Å²) in [5.74, 6) is 0.182. The molecule has 0 radical (unpaired) electrons. The number of aromatic nitrogens is 3. The van der Waals surface area contributed by atoms with Crippen LogP contribution in [0.25, 0.3) is 5.69 Å². The number of rotatable bonds is 6. The minimum Gasteiger partial charge on any atom is -0.355 e. The highest BCUT2D eigenvalue weighted by Gasteiger charge is 2.20. The van der Waals surface area contributed by atoms with Gasteiger partial charge in [0.1, 0.15) is 0 Å². The average molecular weight is 382 g/mol. The van der Waals surface area contributed by atoms with Crippen LogP contribution in [0.1, 0.15) is 50.2 Å². The molecule has 27 heavy (non-hydrogen) atoms. The summed E-state index contributed by atoms with van der Waals surface area (Å²) in [6.07, 6.45) is 3.65. The van der Waals surface area contributed by atoms with E-state index < -0.39 is 0 Å². The first-order valence-corrected chi connectivity index (χ1v) is 9.75. The molecular weight excluding hydrogens is 358 g/mol. The van der Waals surface area contributed by atoms with Crippen molar-refractivity contribution in [1.29, 1.82) is 0 Å². The van der Waals surface area contributed by atoms with Crippen LogP contribution in [0.15, 0.2) is 35.7 Å². The number of aryl methyl sites for hydroxylation is 2. The van der Waals surface area contributed by atoms with Gasteiger partial charge >= 0.3 is 0 Å². The SMILES string of the molecule is CC(=O)c1c(C)[nH]c(C(=O)CSc2nccn2-c2cccc(C)c2C)c1C. The molecule has 3 rings (SSSR count). The fourth-order valence-corrected chi connectivity index (χ4v) is 4.17.